The first-order chi connectivity index (χ1) is 16.1. The van der Waals surface area contributed by atoms with Crippen molar-refractivity contribution < 1.29 is 18.7 Å². The highest BCUT2D eigenvalue weighted by Crippen LogP contribution is 2.30. The maximum atomic E-state index is 13.3. The number of hydrogen-bond donors (Lipinski definition) is 1. The van der Waals surface area contributed by atoms with Gasteiger partial charge in [-0.25, -0.2) is 10.2 Å². The van der Waals surface area contributed by atoms with Gasteiger partial charge >= 0.3 is 5.97 Å². The minimum absolute atomic E-state index is 0.212. The predicted octanol–water partition coefficient (Wildman–Crippen LogP) is 5.14. The second-order valence-electron chi connectivity index (χ2n) is 8.13. The molecule has 1 aliphatic rings. The van der Waals surface area contributed by atoms with Crippen LogP contribution in [0.3, 0.4) is 0 Å². The summed E-state index contributed by atoms with van der Waals surface area (Å²) < 4.78 is 11.1. The average molecular weight is 445 g/mol. The molecule has 6 heteroatoms. The Morgan fingerprint density at radius 1 is 1.03 bits per heavy atom. The van der Waals surface area contributed by atoms with Crippen molar-refractivity contribution in [2.45, 2.75) is 45.4 Å². The van der Waals surface area contributed by atoms with Gasteiger partial charge in [0.15, 0.2) is 0 Å². The van der Waals surface area contributed by atoms with Gasteiger partial charge in [0.25, 0.3) is 5.91 Å². The molecule has 0 unspecified atom stereocenters. The molecule has 2 aromatic carbocycles. The number of fused-ring (bicyclic) bond motifs is 1. The lowest BCUT2D eigenvalue weighted by Gasteiger charge is -2.18. The van der Waals surface area contributed by atoms with Crippen LogP contribution in [0.5, 0.6) is 0 Å². The number of nitrogens with one attached hydrogen (secondary N) is 1. The summed E-state index contributed by atoms with van der Waals surface area (Å²) in [6.45, 7) is 4.13. The summed E-state index contributed by atoms with van der Waals surface area (Å²) in [6.07, 6.45) is 2.99. The van der Waals surface area contributed by atoms with Crippen molar-refractivity contribution in [1.29, 1.82) is 0 Å². The van der Waals surface area contributed by atoms with Crippen molar-refractivity contribution in [3.05, 3.63) is 94.4 Å². The zero-order chi connectivity index (χ0) is 23.2. The van der Waals surface area contributed by atoms with Crippen LogP contribution in [0.15, 0.2) is 70.2 Å². The number of amides is 1. The summed E-state index contributed by atoms with van der Waals surface area (Å²) in [5, 5.41) is 4.50. The molecule has 33 heavy (non-hydrogen) atoms. The number of carbonyl (C=O) groups excluding carboxylic acids is 2. The number of rotatable bonds is 7. The van der Waals surface area contributed by atoms with Crippen molar-refractivity contribution in [3.8, 4) is 0 Å². The molecular weight excluding hydrogens is 416 g/mol. The van der Waals surface area contributed by atoms with E-state index in [-0.39, 0.29) is 11.7 Å². The standard InChI is InChI=1S/C27H28N2O4/c1-3-17-32-27(31)25-18(2)23-21(15-10-16-22(23)33-25)28-29-26(30)24(19-11-6-4-7-12-19)20-13-8-5-9-14-20/h4-9,11-14,24H,3,10,15-17H2,1-2H3,(H,29,30)/b28-21+. The maximum Gasteiger partial charge on any atom is 0.374 e. The Morgan fingerprint density at radius 3 is 2.27 bits per heavy atom. The summed E-state index contributed by atoms with van der Waals surface area (Å²) in [6, 6.07) is 19.3. The molecular formula is C27H28N2O4. The van der Waals surface area contributed by atoms with Crippen LogP contribution in [0.2, 0.25) is 0 Å². The molecule has 1 N–H and O–H groups in total. The van der Waals surface area contributed by atoms with Gasteiger partial charge in [0.05, 0.1) is 18.2 Å². The third kappa shape index (κ3) is 4.90. The molecule has 0 radical (unpaired) electrons. The van der Waals surface area contributed by atoms with E-state index in [0.29, 0.717) is 18.6 Å². The second kappa shape index (κ2) is 10.3. The Balaban J connectivity index is 1.61. The highest BCUT2D eigenvalue weighted by atomic mass is 16.5. The van der Waals surface area contributed by atoms with Crippen LogP contribution in [0.1, 0.15) is 70.7 Å². The van der Waals surface area contributed by atoms with Gasteiger partial charge in [-0.3, -0.25) is 4.79 Å². The van der Waals surface area contributed by atoms with E-state index in [1.807, 2.05) is 74.5 Å². The second-order valence-corrected chi connectivity index (χ2v) is 8.13. The molecule has 0 atom stereocenters. The van der Waals surface area contributed by atoms with E-state index >= 15 is 0 Å². The highest BCUT2D eigenvalue weighted by Gasteiger charge is 2.29. The Hall–Kier alpha value is -3.67. The number of benzene rings is 2. The molecule has 4 rings (SSSR count). The van der Waals surface area contributed by atoms with E-state index in [9.17, 15) is 9.59 Å². The number of esters is 1. The minimum Gasteiger partial charge on any atom is -0.460 e. The fourth-order valence-electron chi connectivity index (χ4n) is 4.21. The maximum absolute atomic E-state index is 13.3. The Bertz CT molecular complexity index is 1110. The van der Waals surface area contributed by atoms with Gasteiger partial charge in [0.2, 0.25) is 5.76 Å². The fourth-order valence-corrected chi connectivity index (χ4v) is 4.21. The molecule has 1 aromatic heterocycles. The first-order valence-electron chi connectivity index (χ1n) is 11.4. The molecule has 1 aliphatic carbocycles. The summed E-state index contributed by atoms with van der Waals surface area (Å²) in [5.41, 5.74) is 6.81. The normalized spacial score (nSPS) is 14.2. The van der Waals surface area contributed by atoms with Gasteiger partial charge in [-0.15, -0.1) is 0 Å². The number of carbonyl (C=O) groups is 2. The first-order valence-corrected chi connectivity index (χ1v) is 11.4. The van der Waals surface area contributed by atoms with E-state index in [1.165, 1.54) is 0 Å². The molecule has 170 valence electrons. The van der Waals surface area contributed by atoms with Crippen LogP contribution in [0.4, 0.5) is 0 Å². The third-order valence-corrected chi connectivity index (χ3v) is 5.78. The lowest BCUT2D eigenvalue weighted by molar-refractivity contribution is -0.121. The van der Waals surface area contributed by atoms with Gasteiger partial charge < -0.3 is 9.15 Å². The number of hydrogen-bond acceptors (Lipinski definition) is 5. The van der Waals surface area contributed by atoms with Crippen molar-refractivity contribution >= 4 is 17.6 Å². The van der Waals surface area contributed by atoms with Crippen LogP contribution < -0.4 is 5.43 Å². The smallest absolute Gasteiger partial charge is 0.374 e. The molecule has 0 fully saturated rings. The molecule has 3 aromatic rings. The molecule has 0 bridgehead atoms. The van der Waals surface area contributed by atoms with Gasteiger partial charge in [-0.05, 0) is 37.3 Å². The van der Waals surface area contributed by atoms with Gasteiger partial charge in [0, 0.05) is 17.5 Å². The minimum atomic E-state index is -0.482. The van der Waals surface area contributed by atoms with Crippen molar-refractivity contribution in [2.75, 3.05) is 6.61 Å². The van der Waals surface area contributed by atoms with E-state index in [4.69, 9.17) is 9.15 Å². The summed E-state index contributed by atoms with van der Waals surface area (Å²) in [4.78, 5) is 25.7. The van der Waals surface area contributed by atoms with Crippen LogP contribution in [0, 0.1) is 6.92 Å². The molecule has 6 nitrogen and oxygen atoms in total. The van der Waals surface area contributed by atoms with E-state index in [1.54, 1.807) is 0 Å². The summed E-state index contributed by atoms with van der Waals surface area (Å²) >= 11 is 0. The Kier molecular flexibility index (Phi) is 7.03. The molecule has 0 saturated heterocycles. The van der Waals surface area contributed by atoms with Crippen LogP contribution in [-0.4, -0.2) is 24.2 Å². The lowest BCUT2D eigenvalue weighted by atomic mass is 9.91. The van der Waals surface area contributed by atoms with Crippen molar-refractivity contribution in [3.63, 3.8) is 0 Å². The SMILES string of the molecule is CCCOC(=O)c1oc2c(c1C)/C(=N/NC(=O)C(c1ccccc1)c1ccccc1)CCC2. The third-order valence-electron chi connectivity index (χ3n) is 5.78. The average Bonchev–Trinajstić information content (AvgIpc) is 3.20. The Morgan fingerprint density at radius 2 is 1.67 bits per heavy atom. The predicted molar refractivity (Wildman–Crippen MR) is 126 cm³/mol. The van der Waals surface area contributed by atoms with E-state index in [0.717, 1.165) is 47.4 Å². The fraction of sp³-hybridized carbons (Fsp3) is 0.296. The zero-order valence-electron chi connectivity index (χ0n) is 19.0. The number of aryl methyl sites for hydroxylation is 1. The molecule has 0 aliphatic heterocycles. The number of hydrazone groups is 1. The topological polar surface area (TPSA) is 80.9 Å². The molecule has 0 saturated carbocycles. The first kappa shape index (κ1) is 22.5. The quantitative estimate of drug-likeness (QED) is 0.404. The number of ether oxygens (including phenoxy) is 1. The van der Waals surface area contributed by atoms with Crippen LogP contribution >= 0.6 is 0 Å². The van der Waals surface area contributed by atoms with Gasteiger partial charge in [0.1, 0.15) is 5.76 Å². The largest absolute Gasteiger partial charge is 0.460 e. The Labute approximate surface area is 193 Å². The van der Waals surface area contributed by atoms with Crippen LogP contribution in [0.25, 0.3) is 0 Å². The van der Waals surface area contributed by atoms with Gasteiger partial charge in [-0.1, -0.05) is 67.6 Å². The zero-order valence-corrected chi connectivity index (χ0v) is 19.0. The van der Waals surface area contributed by atoms with Gasteiger partial charge in [-0.2, -0.15) is 5.10 Å². The summed E-state index contributed by atoms with van der Waals surface area (Å²) in [5.74, 6) is -0.209. The van der Waals surface area contributed by atoms with E-state index in [2.05, 4.69) is 10.5 Å². The van der Waals surface area contributed by atoms with Crippen LogP contribution in [-0.2, 0) is 16.0 Å². The number of nitrogens with zero attached hydrogens (tertiary/aromatic N) is 1. The summed E-state index contributed by atoms with van der Waals surface area (Å²) in [7, 11) is 0. The van der Waals surface area contributed by atoms with Crippen molar-refractivity contribution in [1.82, 2.24) is 5.43 Å². The highest BCUT2D eigenvalue weighted by molar-refractivity contribution is 6.06. The van der Waals surface area contributed by atoms with Crippen molar-refractivity contribution in [2.24, 2.45) is 5.10 Å². The lowest BCUT2D eigenvalue weighted by Crippen LogP contribution is -2.28. The number of furan rings is 1. The molecule has 1 heterocycles. The molecule has 0 spiro atoms. The monoisotopic (exact) mass is 444 g/mol. The van der Waals surface area contributed by atoms with E-state index < -0.39 is 11.9 Å². The molecule has 1 amide bonds.